The third-order valence-electron chi connectivity index (χ3n) is 2.99. The van der Waals surface area contributed by atoms with Crippen LogP contribution in [-0.2, 0) is 4.79 Å². The molecule has 0 aromatic heterocycles. The van der Waals surface area contributed by atoms with Crippen LogP contribution in [0, 0.1) is 0 Å². The molecule has 17 heavy (non-hydrogen) atoms. The number of hydrogen-bond acceptors (Lipinski definition) is 3. The van der Waals surface area contributed by atoms with Crippen molar-refractivity contribution in [3.63, 3.8) is 0 Å². The summed E-state index contributed by atoms with van der Waals surface area (Å²) in [6.07, 6.45) is 6.85. The maximum atomic E-state index is 11.9. The highest BCUT2D eigenvalue weighted by Gasteiger charge is 2.18. The van der Waals surface area contributed by atoms with Crippen molar-refractivity contribution in [1.29, 1.82) is 0 Å². The first-order chi connectivity index (χ1) is 8.13. The standard InChI is InChI=1S/C13H23N3O/c1-3-4-5-12(14)6-7-13(17)16-10-8-15(2)9-11-16/h3-5H,6-11,14H2,1-2H3/b4-3-,12-5-. The van der Waals surface area contributed by atoms with Crippen molar-refractivity contribution < 1.29 is 4.79 Å². The number of hydrogen-bond donors (Lipinski definition) is 1. The Morgan fingerprint density at radius 1 is 1.24 bits per heavy atom. The van der Waals surface area contributed by atoms with Gasteiger partial charge in [0.1, 0.15) is 0 Å². The quantitative estimate of drug-likeness (QED) is 0.741. The van der Waals surface area contributed by atoms with Crippen LogP contribution in [0.1, 0.15) is 19.8 Å². The number of nitrogens with two attached hydrogens (primary N) is 1. The molecule has 0 aromatic carbocycles. The normalized spacial score (nSPS) is 18.9. The molecule has 2 N–H and O–H groups in total. The lowest BCUT2D eigenvalue weighted by Crippen LogP contribution is -2.47. The summed E-state index contributed by atoms with van der Waals surface area (Å²) in [6.45, 7) is 5.56. The molecule has 0 aliphatic carbocycles. The zero-order valence-corrected chi connectivity index (χ0v) is 10.9. The van der Waals surface area contributed by atoms with Crippen molar-refractivity contribution in [2.24, 2.45) is 5.73 Å². The van der Waals surface area contributed by atoms with E-state index in [1.807, 2.05) is 30.1 Å². The number of amides is 1. The van der Waals surface area contributed by atoms with E-state index in [0.717, 1.165) is 31.9 Å². The molecule has 0 aromatic rings. The van der Waals surface area contributed by atoms with Crippen LogP contribution in [-0.4, -0.2) is 48.9 Å². The van der Waals surface area contributed by atoms with Crippen LogP contribution in [0.4, 0.5) is 0 Å². The molecule has 0 bridgehead atoms. The molecule has 96 valence electrons. The van der Waals surface area contributed by atoms with E-state index in [4.69, 9.17) is 5.73 Å². The SMILES string of the molecule is C/C=C\C=C(/N)CCC(=O)N1CCN(C)CC1. The zero-order valence-electron chi connectivity index (χ0n) is 10.9. The van der Waals surface area contributed by atoms with Gasteiger partial charge in [-0.1, -0.05) is 12.2 Å². The molecule has 0 atom stereocenters. The fourth-order valence-corrected chi connectivity index (χ4v) is 1.77. The van der Waals surface area contributed by atoms with Gasteiger partial charge < -0.3 is 15.5 Å². The third-order valence-corrected chi connectivity index (χ3v) is 2.99. The Kier molecular flexibility index (Phi) is 5.77. The van der Waals surface area contributed by atoms with Crippen LogP contribution in [0.5, 0.6) is 0 Å². The van der Waals surface area contributed by atoms with Gasteiger partial charge in [-0.15, -0.1) is 0 Å². The van der Waals surface area contributed by atoms with Gasteiger partial charge in [0.15, 0.2) is 0 Å². The fraction of sp³-hybridized carbons (Fsp3) is 0.615. The summed E-state index contributed by atoms with van der Waals surface area (Å²) in [5.74, 6) is 0.218. The number of carbonyl (C=O) groups is 1. The molecule has 0 spiro atoms. The second-order valence-electron chi connectivity index (χ2n) is 4.45. The molecule has 1 saturated heterocycles. The van der Waals surface area contributed by atoms with Gasteiger partial charge >= 0.3 is 0 Å². The minimum atomic E-state index is 0.218. The Morgan fingerprint density at radius 2 is 1.88 bits per heavy atom. The molecule has 1 heterocycles. The summed E-state index contributed by atoms with van der Waals surface area (Å²) in [5, 5.41) is 0. The van der Waals surface area contributed by atoms with Gasteiger partial charge in [-0.3, -0.25) is 4.79 Å². The zero-order chi connectivity index (χ0) is 12.7. The Bertz CT molecular complexity index is 302. The second kappa shape index (κ2) is 7.12. The maximum Gasteiger partial charge on any atom is 0.223 e. The van der Waals surface area contributed by atoms with E-state index < -0.39 is 0 Å². The minimum absolute atomic E-state index is 0.218. The van der Waals surface area contributed by atoms with Gasteiger partial charge in [0.2, 0.25) is 5.91 Å². The topological polar surface area (TPSA) is 49.6 Å². The molecular weight excluding hydrogens is 214 g/mol. The Balaban J connectivity index is 2.30. The van der Waals surface area contributed by atoms with E-state index in [1.165, 1.54) is 0 Å². The largest absolute Gasteiger partial charge is 0.402 e. The summed E-state index contributed by atoms with van der Waals surface area (Å²) < 4.78 is 0. The van der Waals surface area contributed by atoms with Crippen LogP contribution >= 0.6 is 0 Å². The Labute approximate surface area is 104 Å². The molecular formula is C13H23N3O. The van der Waals surface area contributed by atoms with Gasteiger partial charge in [-0.25, -0.2) is 0 Å². The van der Waals surface area contributed by atoms with Gasteiger partial charge in [-0.2, -0.15) is 0 Å². The molecule has 0 unspecified atom stereocenters. The third kappa shape index (κ3) is 5.04. The van der Waals surface area contributed by atoms with Crippen LogP contribution in [0.2, 0.25) is 0 Å². The lowest BCUT2D eigenvalue weighted by molar-refractivity contribution is -0.132. The van der Waals surface area contributed by atoms with Crippen LogP contribution < -0.4 is 5.73 Å². The van der Waals surface area contributed by atoms with Crippen molar-refractivity contribution in [2.75, 3.05) is 33.2 Å². The molecule has 0 radical (unpaired) electrons. The molecule has 4 nitrogen and oxygen atoms in total. The number of carbonyl (C=O) groups excluding carboxylic acids is 1. The number of likely N-dealkylation sites (N-methyl/N-ethyl adjacent to an activating group) is 1. The van der Waals surface area contributed by atoms with E-state index in [0.29, 0.717) is 12.8 Å². The molecule has 1 amide bonds. The monoisotopic (exact) mass is 237 g/mol. The number of allylic oxidation sites excluding steroid dienone is 4. The molecule has 1 aliphatic rings. The summed E-state index contributed by atoms with van der Waals surface area (Å²) >= 11 is 0. The van der Waals surface area contributed by atoms with Crippen LogP contribution in [0.25, 0.3) is 0 Å². The van der Waals surface area contributed by atoms with Crippen molar-refractivity contribution >= 4 is 5.91 Å². The van der Waals surface area contributed by atoms with E-state index >= 15 is 0 Å². The van der Waals surface area contributed by atoms with Crippen molar-refractivity contribution in [2.45, 2.75) is 19.8 Å². The lowest BCUT2D eigenvalue weighted by Gasteiger charge is -2.32. The van der Waals surface area contributed by atoms with Crippen molar-refractivity contribution in [1.82, 2.24) is 9.80 Å². The van der Waals surface area contributed by atoms with Crippen LogP contribution in [0.15, 0.2) is 23.9 Å². The molecule has 4 heteroatoms. The van der Waals surface area contributed by atoms with E-state index in [1.54, 1.807) is 0 Å². The van der Waals surface area contributed by atoms with E-state index in [2.05, 4.69) is 11.9 Å². The van der Waals surface area contributed by atoms with Gasteiger partial charge in [0.05, 0.1) is 0 Å². The highest BCUT2D eigenvalue weighted by atomic mass is 16.2. The summed E-state index contributed by atoms with van der Waals surface area (Å²) in [7, 11) is 2.08. The second-order valence-corrected chi connectivity index (χ2v) is 4.45. The molecule has 1 rings (SSSR count). The number of nitrogens with zero attached hydrogens (tertiary/aromatic N) is 2. The summed E-state index contributed by atoms with van der Waals surface area (Å²) in [6, 6.07) is 0. The predicted octanol–water partition coefficient (Wildman–Crippen LogP) is 0.959. The van der Waals surface area contributed by atoms with Gasteiger partial charge in [0.25, 0.3) is 0 Å². The van der Waals surface area contributed by atoms with Crippen LogP contribution in [0.3, 0.4) is 0 Å². The predicted molar refractivity (Wildman–Crippen MR) is 70.4 cm³/mol. The highest BCUT2D eigenvalue weighted by molar-refractivity contribution is 5.76. The maximum absolute atomic E-state index is 11.9. The first kappa shape index (κ1) is 13.8. The summed E-state index contributed by atoms with van der Waals surface area (Å²) in [4.78, 5) is 16.1. The number of rotatable bonds is 4. The molecule has 1 fully saturated rings. The first-order valence-electron chi connectivity index (χ1n) is 6.17. The lowest BCUT2D eigenvalue weighted by atomic mass is 10.2. The van der Waals surface area contributed by atoms with Gasteiger partial charge in [-0.05, 0) is 26.5 Å². The van der Waals surface area contributed by atoms with E-state index in [9.17, 15) is 4.79 Å². The first-order valence-corrected chi connectivity index (χ1v) is 6.17. The highest BCUT2D eigenvalue weighted by Crippen LogP contribution is 2.06. The Hall–Kier alpha value is -1.29. The number of piperazine rings is 1. The average Bonchev–Trinajstić information content (AvgIpc) is 2.34. The smallest absolute Gasteiger partial charge is 0.223 e. The minimum Gasteiger partial charge on any atom is -0.402 e. The summed E-state index contributed by atoms with van der Waals surface area (Å²) in [5.41, 5.74) is 6.56. The Morgan fingerprint density at radius 3 is 2.47 bits per heavy atom. The van der Waals surface area contributed by atoms with Crippen molar-refractivity contribution in [3.05, 3.63) is 23.9 Å². The average molecular weight is 237 g/mol. The van der Waals surface area contributed by atoms with E-state index in [-0.39, 0.29) is 5.91 Å². The fourth-order valence-electron chi connectivity index (χ4n) is 1.77. The molecule has 0 saturated carbocycles. The van der Waals surface area contributed by atoms with Crippen molar-refractivity contribution in [3.8, 4) is 0 Å². The van der Waals surface area contributed by atoms with Gasteiger partial charge in [0, 0.05) is 38.3 Å². The molecule has 1 aliphatic heterocycles.